The maximum Gasteiger partial charge on any atom is 0.338 e. The van der Waals surface area contributed by atoms with Crippen LogP contribution in [0.1, 0.15) is 21.5 Å². The van der Waals surface area contributed by atoms with Crippen LogP contribution in [0.25, 0.3) is 11.0 Å². The molecule has 24 heavy (non-hydrogen) atoms. The van der Waals surface area contributed by atoms with Crippen LogP contribution >= 0.6 is 11.6 Å². The molecule has 0 fully saturated rings. The lowest BCUT2D eigenvalue weighted by molar-refractivity contribution is 0.0474. The quantitative estimate of drug-likeness (QED) is 0.525. The average Bonchev–Trinajstić information content (AvgIpc) is 2.54. The molecule has 6 heteroatoms. The Labute approximate surface area is 141 Å². The summed E-state index contributed by atoms with van der Waals surface area (Å²) in [6.45, 7) is 1.67. The molecule has 0 aliphatic heterocycles. The highest BCUT2D eigenvalue weighted by atomic mass is 35.5. The Kier molecular flexibility index (Phi) is 4.36. The summed E-state index contributed by atoms with van der Waals surface area (Å²) in [5, 5.41) is 1.11. The summed E-state index contributed by atoms with van der Waals surface area (Å²) < 4.78 is 23.2. The highest BCUT2D eigenvalue weighted by Crippen LogP contribution is 2.25. The van der Waals surface area contributed by atoms with Crippen molar-refractivity contribution in [2.45, 2.75) is 13.5 Å². The molecule has 0 atom stereocenters. The van der Waals surface area contributed by atoms with Gasteiger partial charge >= 0.3 is 11.6 Å². The second-order valence-corrected chi connectivity index (χ2v) is 5.68. The van der Waals surface area contributed by atoms with Crippen LogP contribution < -0.4 is 5.63 Å². The van der Waals surface area contributed by atoms with Crippen molar-refractivity contribution in [1.82, 2.24) is 0 Å². The molecule has 2 aromatic carbocycles. The van der Waals surface area contributed by atoms with E-state index in [1.165, 1.54) is 30.3 Å². The maximum absolute atomic E-state index is 12.9. The molecule has 0 radical (unpaired) electrons. The number of hydrogen-bond donors (Lipinski definition) is 0. The molecule has 1 aromatic heterocycles. The van der Waals surface area contributed by atoms with E-state index in [4.69, 9.17) is 20.8 Å². The number of hydrogen-bond acceptors (Lipinski definition) is 4. The predicted molar refractivity (Wildman–Crippen MR) is 87.8 cm³/mol. The molecule has 0 spiro atoms. The van der Waals surface area contributed by atoms with Gasteiger partial charge in [0.1, 0.15) is 18.0 Å². The molecule has 0 aliphatic rings. The Balaban J connectivity index is 1.89. The van der Waals surface area contributed by atoms with Crippen LogP contribution in [0.4, 0.5) is 4.39 Å². The van der Waals surface area contributed by atoms with Gasteiger partial charge in [-0.1, -0.05) is 11.6 Å². The zero-order valence-corrected chi connectivity index (χ0v) is 13.4. The number of fused-ring (bicyclic) bond motifs is 1. The van der Waals surface area contributed by atoms with E-state index in [2.05, 4.69) is 0 Å². The molecule has 4 nitrogen and oxygen atoms in total. The highest BCUT2D eigenvalue weighted by Gasteiger charge is 2.12. The molecular formula is C18H12ClFO4. The van der Waals surface area contributed by atoms with Gasteiger partial charge in [-0.25, -0.2) is 14.0 Å². The first kappa shape index (κ1) is 16.2. The monoisotopic (exact) mass is 346 g/mol. The summed E-state index contributed by atoms with van der Waals surface area (Å²) in [5.74, 6) is -1.06. The third kappa shape index (κ3) is 3.31. The van der Waals surface area contributed by atoms with E-state index in [9.17, 15) is 14.0 Å². The molecule has 0 amide bonds. The van der Waals surface area contributed by atoms with Crippen LogP contribution in [0.3, 0.4) is 0 Å². The summed E-state index contributed by atoms with van der Waals surface area (Å²) >= 11 is 6.11. The lowest BCUT2D eigenvalue weighted by atomic mass is 10.1. The molecule has 0 N–H and O–H groups in total. The minimum absolute atomic E-state index is 0.127. The van der Waals surface area contributed by atoms with Crippen LogP contribution in [0.2, 0.25) is 5.02 Å². The van der Waals surface area contributed by atoms with Gasteiger partial charge in [-0.3, -0.25) is 0 Å². The predicted octanol–water partition coefficient (Wildman–Crippen LogP) is 4.25. The van der Waals surface area contributed by atoms with Crippen molar-refractivity contribution in [3.8, 4) is 0 Å². The fourth-order valence-electron chi connectivity index (χ4n) is 2.28. The van der Waals surface area contributed by atoms with Crippen LogP contribution in [0.5, 0.6) is 0 Å². The number of ether oxygens (including phenoxy) is 1. The maximum atomic E-state index is 12.9. The van der Waals surface area contributed by atoms with E-state index in [-0.39, 0.29) is 12.2 Å². The molecular weight excluding hydrogens is 335 g/mol. The van der Waals surface area contributed by atoms with E-state index in [1.807, 2.05) is 0 Å². The van der Waals surface area contributed by atoms with Crippen molar-refractivity contribution >= 4 is 28.5 Å². The van der Waals surface area contributed by atoms with E-state index in [0.29, 0.717) is 21.6 Å². The zero-order valence-electron chi connectivity index (χ0n) is 12.6. The van der Waals surface area contributed by atoms with Gasteiger partial charge in [-0.2, -0.15) is 0 Å². The van der Waals surface area contributed by atoms with Crippen molar-refractivity contribution in [1.29, 1.82) is 0 Å². The number of esters is 1. The van der Waals surface area contributed by atoms with Gasteiger partial charge in [-0.05, 0) is 48.9 Å². The number of aryl methyl sites for hydroxylation is 1. The van der Waals surface area contributed by atoms with Crippen molar-refractivity contribution in [2.24, 2.45) is 0 Å². The minimum Gasteiger partial charge on any atom is -0.457 e. The van der Waals surface area contributed by atoms with Crippen molar-refractivity contribution < 1.29 is 18.3 Å². The van der Waals surface area contributed by atoms with Crippen molar-refractivity contribution in [3.63, 3.8) is 0 Å². The van der Waals surface area contributed by atoms with Crippen LogP contribution in [0, 0.1) is 12.7 Å². The largest absolute Gasteiger partial charge is 0.457 e. The normalized spacial score (nSPS) is 10.8. The van der Waals surface area contributed by atoms with E-state index in [1.54, 1.807) is 19.1 Å². The lowest BCUT2D eigenvalue weighted by Crippen LogP contribution is -2.08. The smallest absolute Gasteiger partial charge is 0.338 e. The summed E-state index contributed by atoms with van der Waals surface area (Å²) in [7, 11) is 0. The van der Waals surface area contributed by atoms with Gasteiger partial charge < -0.3 is 9.15 Å². The Hall–Kier alpha value is -2.66. The van der Waals surface area contributed by atoms with Gasteiger partial charge in [0, 0.05) is 22.0 Å². The number of carbonyl (C=O) groups is 1. The Morgan fingerprint density at radius 1 is 1.21 bits per heavy atom. The fraction of sp³-hybridized carbons (Fsp3) is 0.111. The first-order valence-corrected chi connectivity index (χ1v) is 7.47. The molecule has 3 aromatic rings. The van der Waals surface area contributed by atoms with Crippen LogP contribution in [-0.2, 0) is 11.3 Å². The third-order valence-electron chi connectivity index (χ3n) is 3.55. The van der Waals surface area contributed by atoms with E-state index in [0.717, 1.165) is 5.56 Å². The molecule has 0 aliphatic carbocycles. The van der Waals surface area contributed by atoms with Gasteiger partial charge in [0.05, 0.1) is 5.56 Å². The fourth-order valence-corrected chi connectivity index (χ4v) is 2.44. The summed E-state index contributed by atoms with van der Waals surface area (Å²) in [6, 6.07) is 9.58. The lowest BCUT2D eigenvalue weighted by Gasteiger charge is -2.08. The zero-order chi connectivity index (χ0) is 17.3. The van der Waals surface area contributed by atoms with Crippen LogP contribution in [-0.4, -0.2) is 5.97 Å². The highest BCUT2D eigenvalue weighted by molar-refractivity contribution is 6.32. The first-order valence-electron chi connectivity index (χ1n) is 7.09. The number of rotatable bonds is 3. The Bertz CT molecular complexity index is 977. The average molecular weight is 347 g/mol. The standard InChI is InChI=1S/C18H12ClFO4/c1-10-6-16-14(8-15(10)19)12(7-17(21)24-16)9-23-18(22)11-2-4-13(20)5-3-11/h2-8H,9H2,1H3. The second-order valence-electron chi connectivity index (χ2n) is 5.27. The van der Waals surface area contributed by atoms with Gasteiger partial charge in [0.25, 0.3) is 0 Å². The number of carbonyl (C=O) groups excluding carboxylic acids is 1. The molecule has 1 heterocycles. The SMILES string of the molecule is Cc1cc2oc(=O)cc(COC(=O)c3ccc(F)cc3)c2cc1Cl. The summed E-state index contributed by atoms with van der Waals surface area (Å²) in [6.07, 6.45) is 0. The molecule has 122 valence electrons. The number of benzene rings is 2. The minimum atomic E-state index is -0.616. The van der Waals surface area contributed by atoms with E-state index < -0.39 is 17.4 Å². The molecule has 0 saturated heterocycles. The third-order valence-corrected chi connectivity index (χ3v) is 3.96. The Morgan fingerprint density at radius 3 is 2.62 bits per heavy atom. The second kappa shape index (κ2) is 6.45. The molecule has 0 saturated carbocycles. The molecule has 3 rings (SSSR count). The summed E-state index contributed by atoms with van der Waals surface area (Å²) in [4.78, 5) is 23.7. The van der Waals surface area contributed by atoms with Gasteiger partial charge in [0.2, 0.25) is 0 Å². The van der Waals surface area contributed by atoms with E-state index >= 15 is 0 Å². The van der Waals surface area contributed by atoms with Gasteiger partial charge in [0.15, 0.2) is 0 Å². The van der Waals surface area contributed by atoms with Crippen molar-refractivity contribution in [3.05, 3.63) is 80.4 Å². The molecule has 0 unspecified atom stereocenters. The van der Waals surface area contributed by atoms with Crippen LogP contribution in [0.15, 0.2) is 51.7 Å². The molecule has 0 bridgehead atoms. The van der Waals surface area contributed by atoms with Crippen molar-refractivity contribution in [2.75, 3.05) is 0 Å². The number of halogens is 2. The summed E-state index contributed by atoms with van der Waals surface area (Å²) in [5.41, 5.74) is 1.30. The topological polar surface area (TPSA) is 56.5 Å². The Morgan fingerprint density at radius 2 is 1.92 bits per heavy atom. The van der Waals surface area contributed by atoms with Gasteiger partial charge in [-0.15, -0.1) is 0 Å². The first-order chi connectivity index (χ1) is 11.4.